The molecular formula is C30H27IN2O5. The molecule has 3 aromatic carbocycles. The maximum absolute atomic E-state index is 14.1. The van der Waals surface area contributed by atoms with Crippen LogP contribution < -0.4 is 5.32 Å². The van der Waals surface area contributed by atoms with Crippen molar-refractivity contribution in [2.45, 2.75) is 43.5 Å². The van der Waals surface area contributed by atoms with E-state index in [2.05, 4.69) is 27.9 Å². The second kappa shape index (κ2) is 9.20. The number of nitrogens with one attached hydrogen (secondary N) is 1. The molecule has 1 amide bonds. The highest BCUT2D eigenvalue weighted by Crippen LogP contribution is 2.61. The van der Waals surface area contributed by atoms with Crippen LogP contribution in [0.3, 0.4) is 0 Å². The molecule has 2 N–H and O–H groups in total. The zero-order chi connectivity index (χ0) is 26.8. The van der Waals surface area contributed by atoms with Gasteiger partial charge in [-0.05, 0) is 63.4 Å². The number of anilines is 1. The number of aliphatic carboxylic acids is 1. The number of carbonyl (C=O) groups is 3. The van der Waals surface area contributed by atoms with Gasteiger partial charge in [-0.3, -0.25) is 19.3 Å². The Morgan fingerprint density at radius 1 is 0.974 bits per heavy atom. The Hall–Kier alpha value is -3.24. The lowest BCUT2D eigenvalue weighted by atomic mass is 9.65. The standard InChI is InChI=1S/C30H27IN2O5/c1-16(2)26-30(20-15-19(31)13-14-21(20)32-29(30)37)22(27(34)35)24-28(36)38-25(18-11-7-4-8-12-18)23(33(24)26)17-9-5-3-6-10-17/h3-16,22-26H,1-2H3,(H,32,37)(H,34,35)/t22-,23-,24-,25+,26+,30-/m0/s1. The minimum absolute atomic E-state index is 0.162. The Kier molecular flexibility index (Phi) is 6.07. The van der Waals surface area contributed by atoms with Crippen LogP contribution in [0.1, 0.15) is 42.7 Å². The monoisotopic (exact) mass is 622 g/mol. The summed E-state index contributed by atoms with van der Waals surface area (Å²) in [5.74, 6) is -3.68. The first-order valence-electron chi connectivity index (χ1n) is 12.7. The van der Waals surface area contributed by atoms with Crippen LogP contribution >= 0.6 is 22.6 Å². The molecule has 0 aromatic heterocycles. The molecule has 2 saturated heterocycles. The van der Waals surface area contributed by atoms with E-state index >= 15 is 0 Å². The molecule has 3 aromatic rings. The third-order valence-electron chi connectivity index (χ3n) is 8.23. The number of rotatable bonds is 4. The van der Waals surface area contributed by atoms with Gasteiger partial charge in [0.15, 0.2) is 0 Å². The molecule has 3 aliphatic rings. The van der Waals surface area contributed by atoms with Crippen LogP contribution in [0.25, 0.3) is 0 Å². The highest BCUT2D eigenvalue weighted by atomic mass is 127. The highest BCUT2D eigenvalue weighted by Gasteiger charge is 2.74. The van der Waals surface area contributed by atoms with Gasteiger partial charge in [-0.1, -0.05) is 74.5 Å². The molecule has 194 valence electrons. The van der Waals surface area contributed by atoms with Crippen molar-refractivity contribution in [3.8, 4) is 0 Å². The number of carboxylic acids is 1. The molecule has 0 bridgehead atoms. The summed E-state index contributed by atoms with van der Waals surface area (Å²) in [6, 6.07) is 22.6. The van der Waals surface area contributed by atoms with E-state index in [1.807, 2.05) is 97.6 Å². The lowest BCUT2D eigenvalue weighted by molar-refractivity contribution is -0.180. The number of ether oxygens (including phenoxy) is 1. The quantitative estimate of drug-likeness (QED) is 0.317. The second-order valence-corrected chi connectivity index (χ2v) is 11.8. The fraction of sp³-hybridized carbons (Fsp3) is 0.300. The topological polar surface area (TPSA) is 95.9 Å². The molecule has 8 heteroatoms. The van der Waals surface area contributed by atoms with Crippen LogP contribution in [0.4, 0.5) is 5.69 Å². The van der Waals surface area contributed by atoms with E-state index in [-0.39, 0.29) is 11.8 Å². The fourth-order valence-electron chi connectivity index (χ4n) is 7.04. The molecule has 2 fully saturated rings. The van der Waals surface area contributed by atoms with Gasteiger partial charge < -0.3 is 15.2 Å². The number of benzene rings is 3. The van der Waals surface area contributed by atoms with Crippen LogP contribution in [0.5, 0.6) is 0 Å². The van der Waals surface area contributed by atoms with Gasteiger partial charge in [-0.15, -0.1) is 0 Å². The molecule has 0 saturated carbocycles. The number of cyclic esters (lactones) is 1. The van der Waals surface area contributed by atoms with E-state index in [0.29, 0.717) is 11.3 Å². The third kappa shape index (κ3) is 3.46. The van der Waals surface area contributed by atoms with Gasteiger partial charge >= 0.3 is 11.9 Å². The minimum Gasteiger partial charge on any atom is -0.481 e. The normalized spacial score (nSPS) is 30.2. The van der Waals surface area contributed by atoms with Gasteiger partial charge in [-0.2, -0.15) is 0 Å². The molecule has 3 aliphatic heterocycles. The first kappa shape index (κ1) is 25.1. The van der Waals surface area contributed by atoms with E-state index in [1.54, 1.807) is 0 Å². The van der Waals surface area contributed by atoms with E-state index < -0.39 is 47.5 Å². The largest absolute Gasteiger partial charge is 0.481 e. The second-order valence-electron chi connectivity index (χ2n) is 10.5. The molecule has 0 radical (unpaired) electrons. The lowest BCUT2D eigenvalue weighted by Crippen LogP contribution is -2.55. The summed E-state index contributed by atoms with van der Waals surface area (Å²) in [5.41, 5.74) is 1.46. The number of hydrogen-bond donors (Lipinski definition) is 2. The Bertz CT molecular complexity index is 1430. The minimum atomic E-state index is -1.47. The van der Waals surface area contributed by atoms with Gasteiger partial charge in [0.25, 0.3) is 0 Å². The number of morpholine rings is 1. The maximum Gasteiger partial charge on any atom is 0.325 e. The van der Waals surface area contributed by atoms with Crippen molar-refractivity contribution >= 4 is 46.1 Å². The van der Waals surface area contributed by atoms with Gasteiger partial charge in [0, 0.05) is 15.3 Å². The number of halogens is 1. The molecule has 38 heavy (non-hydrogen) atoms. The van der Waals surface area contributed by atoms with Gasteiger partial charge in [-0.25, -0.2) is 0 Å². The summed E-state index contributed by atoms with van der Waals surface area (Å²) in [4.78, 5) is 43.1. The zero-order valence-corrected chi connectivity index (χ0v) is 23.0. The average Bonchev–Trinajstić information content (AvgIpc) is 3.38. The molecule has 3 heterocycles. The van der Waals surface area contributed by atoms with Gasteiger partial charge in [0.05, 0.1) is 6.04 Å². The van der Waals surface area contributed by atoms with Gasteiger partial charge in [0.1, 0.15) is 23.5 Å². The Morgan fingerprint density at radius 2 is 1.61 bits per heavy atom. The summed E-state index contributed by atoms with van der Waals surface area (Å²) in [7, 11) is 0. The SMILES string of the molecule is CC(C)[C@H]1N2[C@H](C(=O)O[C@H](c3ccccc3)[C@@H]2c2ccccc2)[C@@H](C(=O)O)[C@]12C(=O)Nc1ccc(I)cc12. The average molecular weight is 622 g/mol. The van der Waals surface area contributed by atoms with Crippen molar-refractivity contribution < 1.29 is 24.2 Å². The van der Waals surface area contributed by atoms with E-state index in [1.165, 1.54) is 0 Å². The van der Waals surface area contributed by atoms with Crippen molar-refractivity contribution in [1.82, 2.24) is 4.90 Å². The molecule has 0 unspecified atom stereocenters. The fourth-order valence-corrected chi connectivity index (χ4v) is 7.53. The van der Waals surface area contributed by atoms with Crippen LogP contribution in [-0.2, 0) is 24.5 Å². The molecule has 0 aliphatic carbocycles. The van der Waals surface area contributed by atoms with E-state index in [0.717, 1.165) is 14.7 Å². The van der Waals surface area contributed by atoms with E-state index in [9.17, 15) is 19.5 Å². The number of nitrogens with zero attached hydrogens (tertiary/aromatic N) is 1. The van der Waals surface area contributed by atoms with Crippen LogP contribution in [0.15, 0.2) is 78.9 Å². The first-order valence-corrected chi connectivity index (χ1v) is 13.8. The predicted molar refractivity (Wildman–Crippen MR) is 149 cm³/mol. The Morgan fingerprint density at radius 3 is 2.21 bits per heavy atom. The van der Waals surface area contributed by atoms with Crippen molar-refractivity contribution in [2.24, 2.45) is 11.8 Å². The van der Waals surface area contributed by atoms with Crippen molar-refractivity contribution in [2.75, 3.05) is 5.32 Å². The van der Waals surface area contributed by atoms with Gasteiger partial charge in [0.2, 0.25) is 5.91 Å². The number of carbonyl (C=O) groups excluding carboxylic acids is 2. The number of amides is 1. The first-order chi connectivity index (χ1) is 18.3. The number of hydrogen-bond acceptors (Lipinski definition) is 5. The molecule has 6 atom stereocenters. The summed E-state index contributed by atoms with van der Waals surface area (Å²) < 4.78 is 7.02. The predicted octanol–water partition coefficient (Wildman–Crippen LogP) is 4.93. The molecule has 1 spiro atoms. The zero-order valence-electron chi connectivity index (χ0n) is 20.9. The lowest BCUT2D eigenvalue weighted by Gasteiger charge is -2.47. The van der Waals surface area contributed by atoms with E-state index in [4.69, 9.17) is 4.74 Å². The summed E-state index contributed by atoms with van der Waals surface area (Å²) in [5, 5.41) is 13.7. The number of carboxylic acid groups (broad SMARTS) is 1. The van der Waals surface area contributed by atoms with Crippen molar-refractivity contribution in [3.05, 3.63) is 99.1 Å². The maximum atomic E-state index is 14.1. The number of esters is 1. The summed E-state index contributed by atoms with van der Waals surface area (Å²) >= 11 is 2.18. The molecule has 6 rings (SSSR count). The van der Waals surface area contributed by atoms with Crippen molar-refractivity contribution in [1.29, 1.82) is 0 Å². The number of fused-ring (bicyclic) bond motifs is 3. The molecular weight excluding hydrogens is 595 g/mol. The Labute approximate surface area is 234 Å². The van der Waals surface area contributed by atoms with Crippen LogP contribution in [0, 0.1) is 15.4 Å². The van der Waals surface area contributed by atoms with Crippen LogP contribution in [0.2, 0.25) is 0 Å². The van der Waals surface area contributed by atoms with Crippen LogP contribution in [-0.4, -0.2) is 39.9 Å². The van der Waals surface area contributed by atoms with Crippen molar-refractivity contribution in [3.63, 3.8) is 0 Å². The summed E-state index contributed by atoms with van der Waals surface area (Å²) in [6.45, 7) is 3.98. The highest BCUT2D eigenvalue weighted by molar-refractivity contribution is 14.1. The smallest absolute Gasteiger partial charge is 0.325 e. The summed E-state index contributed by atoms with van der Waals surface area (Å²) in [6.07, 6.45) is -0.673. The Balaban J connectivity index is 1.65. The third-order valence-corrected chi connectivity index (χ3v) is 8.90. The molecule has 7 nitrogen and oxygen atoms in total.